The molecule has 0 atom stereocenters. The molecule has 1 aromatic heterocycles. The van der Waals surface area contributed by atoms with Crippen molar-refractivity contribution in [1.82, 2.24) is 5.16 Å². The lowest BCUT2D eigenvalue weighted by molar-refractivity contribution is 0.0698. The van der Waals surface area contributed by atoms with Gasteiger partial charge >= 0.3 is 5.97 Å². The third-order valence-corrected chi connectivity index (χ3v) is 2.85. The molecule has 2 rings (SSSR count). The highest BCUT2D eigenvalue weighted by Crippen LogP contribution is 2.33. The van der Waals surface area contributed by atoms with Crippen LogP contribution in [-0.4, -0.2) is 16.2 Å². The first-order valence-electron chi connectivity index (χ1n) is 4.97. The van der Waals surface area contributed by atoms with Gasteiger partial charge in [0.05, 0.1) is 16.3 Å². The van der Waals surface area contributed by atoms with Crippen LogP contribution >= 0.6 is 11.6 Å². The van der Waals surface area contributed by atoms with Crippen molar-refractivity contribution in [1.29, 1.82) is 0 Å². The number of aromatic nitrogens is 1. The molecule has 1 aromatic carbocycles. The second-order valence-corrected chi connectivity index (χ2v) is 4.07. The molecule has 0 amide bonds. The van der Waals surface area contributed by atoms with Crippen LogP contribution in [0.5, 0.6) is 0 Å². The molecule has 1 N–H and O–H groups in total. The molecule has 0 saturated carbocycles. The summed E-state index contributed by atoms with van der Waals surface area (Å²) in [6, 6.07) is 4.95. The highest BCUT2D eigenvalue weighted by Gasteiger charge is 2.20. The Bertz CT molecular complexity index is 570. The minimum absolute atomic E-state index is 0.0727. The van der Waals surface area contributed by atoms with Crippen molar-refractivity contribution >= 4 is 17.6 Å². The van der Waals surface area contributed by atoms with Crippen LogP contribution in [0.3, 0.4) is 0 Å². The molecule has 1 heterocycles. The lowest BCUT2D eigenvalue weighted by Crippen LogP contribution is -2.01. The van der Waals surface area contributed by atoms with Crippen molar-refractivity contribution in [2.45, 2.75) is 13.8 Å². The smallest absolute Gasteiger partial charge is 0.337 e. The Morgan fingerprint density at radius 3 is 2.65 bits per heavy atom. The minimum Gasteiger partial charge on any atom is -0.478 e. The fourth-order valence-electron chi connectivity index (χ4n) is 1.82. The van der Waals surface area contributed by atoms with Crippen LogP contribution in [0.15, 0.2) is 22.7 Å². The topological polar surface area (TPSA) is 63.3 Å². The molecular formula is C12H10ClNO3. The lowest BCUT2D eigenvalue weighted by Gasteiger charge is -2.07. The Kier molecular flexibility index (Phi) is 2.90. The first-order chi connectivity index (χ1) is 8.02. The van der Waals surface area contributed by atoms with E-state index >= 15 is 0 Å². The van der Waals surface area contributed by atoms with Crippen LogP contribution in [0.2, 0.25) is 5.02 Å². The van der Waals surface area contributed by atoms with Gasteiger partial charge < -0.3 is 9.63 Å². The molecule has 88 valence electrons. The molecule has 17 heavy (non-hydrogen) atoms. The van der Waals surface area contributed by atoms with E-state index in [-0.39, 0.29) is 10.6 Å². The third kappa shape index (κ3) is 1.91. The van der Waals surface area contributed by atoms with Gasteiger partial charge in [-0.3, -0.25) is 0 Å². The van der Waals surface area contributed by atoms with E-state index in [2.05, 4.69) is 5.16 Å². The quantitative estimate of drug-likeness (QED) is 0.889. The van der Waals surface area contributed by atoms with Crippen LogP contribution in [-0.2, 0) is 0 Å². The molecule has 0 unspecified atom stereocenters. The van der Waals surface area contributed by atoms with Crippen LogP contribution in [0.25, 0.3) is 11.1 Å². The zero-order valence-corrected chi connectivity index (χ0v) is 10.1. The van der Waals surface area contributed by atoms with E-state index in [1.807, 2.05) is 0 Å². The van der Waals surface area contributed by atoms with Crippen LogP contribution in [0.1, 0.15) is 21.8 Å². The zero-order valence-electron chi connectivity index (χ0n) is 9.32. The molecule has 5 heteroatoms. The maximum Gasteiger partial charge on any atom is 0.337 e. The number of aryl methyl sites for hydroxylation is 2. The predicted octanol–water partition coefficient (Wildman–Crippen LogP) is 3.31. The van der Waals surface area contributed by atoms with E-state index in [0.29, 0.717) is 22.6 Å². The molecule has 0 aliphatic carbocycles. The van der Waals surface area contributed by atoms with Crippen molar-refractivity contribution in [3.8, 4) is 11.1 Å². The molecule has 0 spiro atoms. The van der Waals surface area contributed by atoms with Gasteiger partial charge in [-0.15, -0.1) is 0 Å². The van der Waals surface area contributed by atoms with Gasteiger partial charge in [0.25, 0.3) is 0 Å². The first-order valence-corrected chi connectivity index (χ1v) is 5.35. The molecular weight excluding hydrogens is 242 g/mol. The number of aromatic carboxylic acids is 1. The first kappa shape index (κ1) is 11.7. The van der Waals surface area contributed by atoms with Gasteiger partial charge in [0, 0.05) is 11.1 Å². The number of carboxylic acid groups (broad SMARTS) is 1. The monoisotopic (exact) mass is 251 g/mol. The van der Waals surface area contributed by atoms with E-state index in [0.717, 1.165) is 0 Å². The van der Waals surface area contributed by atoms with Gasteiger partial charge in [-0.05, 0) is 19.9 Å². The predicted molar refractivity (Wildman–Crippen MR) is 63.4 cm³/mol. The van der Waals surface area contributed by atoms with Gasteiger partial charge in [-0.2, -0.15) is 0 Å². The molecule has 4 nitrogen and oxygen atoms in total. The number of hydrogen-bond acceptors (Lipinski definition) is 3. The maximum atomic E-state index is 11.2. The average Bonchev–Trinajstić information content (AvgIpc) is 2.57. The molecule has 0 fully saturated rings. The molecule has 0 aliphatic rings. The number of benzene rings is 1. The average molecular weight is 252 g/mol. The molecule has 0 saturated heterocycles. The number of halogens is 1. The van der Waals surface area contributed by atoms with Crippen molar-refractivity contribution < 1.29 is 14.4 Å². The van der Waals surface area contributed by atoms with E-state index in [1.165, 1.54) is 0 Å². The normalized spacial score (nSPS) is 10.5. The number of carboxylic acids is 1. The molecule has 2 aromatic rings. The Morgan fingerprint density at radius 2 is 2.12 bits per heavy atom. The van der Waals surface area contributed by atoms with Gasteiger partial charge in [0.2, 0.25) is 0 Å². The van der Waals surface area contributed by atoms with E-state index in [9.17, 15) is 9.90 Å². The number of carbonyl (C=O) groups is 1. The largest absolute Gasteiger partial charge is 0.478 e. The zero-order chi connectivity index (χ0) is 12.6. The van der Waals surface area contributed by atoms with Crippen molar-refractivity contribution in [3.63, 3.8) is 0 Å². The van der Waals surface area contributed by atoms with Gasteiger partial charge in [0.15, 0.2) is 0 Å². The molecule has 0 bridgehead atoms. The highest BCUT2D eigenvalue weighted by molar-refractivity contribution is 6.34. The van der Waals surface area contributed by atoms with E-state index < -0.39 is 5.97 Å². The lowest BCUT2D eigenvalue weighted by atomic mass is 9.98. The second kappa shape index (κ2) is 4.22. The summed E-state index contributed by atoms with van der Waals surface area (Å²) < 4.78 is 5.04. The summed E-state index contributed by atoms with van der Waals surface area (Å²) in [6.45, 7) is 3.50. The summed E-state index contributed by atoms with van der Waals surface area (Å²) in [7, 11) is 0. The summed E-state index contributed by atoms with van der Waals surface area (Å²) in [5.74, 6) is -0.488. The Labute approximate surface area is 103 Å². The van der Waals surface area contributed by atoms with Crippen molar-refractivity contribution in [2.75, 3.05) is 0 Å². The minimum atomic E-state index is -1.06. The van der Waals surface area contributed by atoms with Crippen molar-refractivity contribution in [2.24, 2.45) is 0 Å². The summed E-state index contributed by atoms with van der Waals surface area (Å²) in [4.78, 5) is 11.2. The Morgan fingerprint density at radius 1 is 1.41 bits per heavy atom. The summed E-state index contributed by atoms with van der Waals surface area (Å²) in [5.41, 5.74) is 1.93. The van der Waals surface area contributed by atoms with Gasteiger partial charge in [-0.25, -0.2) is 4.79 Å². The molecule has 0 aliphatic heterocycles. The maximum absolute atomic E-state index is 11.2. The standard InChI is InChI=1S/C12H10ClNO3/c1-6-10(7(2)17-14-6)8-4-3-5-9(13)11(8)12(15)16/h3-5H,1-2H3,(H,15,16). The van der Waals surface area contributed by atoms with Gasteiger partial charge in [0.1, 0.15) is 5.76 Å². The SMILES string of the molecule is Cc1noc(C)c1-c1cccc(Cl)c1C(=O)O. The highest BCUT2D eigenvalue weighted by atomic mass is 35.5. The Balaban J connectivity index is 2.76. The van der Waals surface area contributed by atoms with Gasteiger partial charge in [-0.1, -0.05) is 28.9 Å². The number of nitrogens with zero attached hydrogens (tertiary/aromatic N) is 1. The van der Waals surface area contributed by atoms with E-state index in [4.69, 9.17) is 16.1 Å². The summed E-state index contributed by atoms with van der Waals surface area (Å²) in [6.07, 6.45) is 0. The number of rotatable bonds is 2. The van der Waals surface area contributed by atoms with Crippen LogP contribution < -0.4 is 0 Å². The summed E-state index contributed by atoms with van der Waals surface area (Å²) in [5, 5.41) is 13.2. The van der Waals surface area contributed by atoms with Crippen molar-refractivity contribution in [3.05, 3.63) is 40.2 Å². The van der Waals surface area contributed by atoms with E-state index in [1.54, 1.807) is 32.0 Å². The number of hydrogen-bond donors (Lipinski definition) is 1. The van der Waals surface area contributed by atoms with Crippen LogP contribution in [0.4, 0.5) is 0 Å². The third-order valence-electron chi connectivity index (χ3n) is 2.53. The molecule has 0 radical (unpaired) electrons. The second-order valence-electron chi connectivity index (χ2n) is 3.67. The van der Waals surface area contributed by atoms with Crippen LogP contribution in [0, 0.1) is 13.8 Å². The Hall–Kier alpha value is -1.81. The fraction of sp³-hybridized carbons (Fsp3) is 0.167. The fourth-order valence-corrected chi connectivity index (χ4v) is 2.07. The summed E-state index contributed by atoms with van der Waals surface area (Å²) >= 11 is 5.91.